The van der Waals surface area contributed by atoms with Crippen LogP contribution in [0.2, 0.25) is 0 Å². The molecule has 0 bridgehead atoms. The summed E-state index contributed by atoms with van der Waals surface area (Å²) in [6, 6.07) is 11.3. The molecule has 5 nitrogen and oxygen atoms in total. The molecule has 3 rings (SSSR count). The summed E-state index contributed by atoms with van der Waals surface area (Å²) in [4.78, 5) is 20.9. The summed E-state index contributed by atoms with van der Waals surface area (Å²) in [5.41, 5.74) is 2.47. The number of hydrogen-bond donors (Lipinski definition) is 1. The summed E-state index contributed by atoms with van der Waals surface area (Å²) in [6.07, 6.45) is 0.342. The first-order chi connectivity index (χ1) is 10.1. The lowest BCUT2D eigenvalue weighted by atomic mass is 10.1. The standard InChI is InChI=1S/C16H15N3O2/c1-10-8-11(2)19-15(21)13(14(20)18-16(19)17-10)9-12-6-4-3-5-7-12/h3-8,20H,9H2,1-2H3. The zero-order valence-corrected chi connectivity index (χ0v) is 11.9. The molecule has 2 aromatic heterocycles. The molecule has 0 atom stereocenters. The smallest absolute Gasteiger partial charge is 0.266 e. The van der Waals surface area contributed by atoms with Gasteiger partial charge in [-0.05, 0) is 25.5 Å². The lowest BCUT2D eigenvalue weighted by molar-refractivity contribution is 0.445. The largest absolute Gasteiger partial charge is 0.493 e. The number of aryl methyl sites for hydroxylation is 2. The van der Waals surface area contributed by atoms with Crippen LogP contribution >= 0.6 is 0 Å². The molecule has 1 aromatic carbocycles. The van der Waals surface area contributed by atoms with Crippen LogP contribution in [-0.4, -0.2) is 19.5 Å². The highest BCUT2D eigenvalue weighted by molar-refractivity contribution is 5.40. The van der Waals surface area contributed by atoms with Gasteiger partial charge in [0.25, 0.3) is 5.56 Å². The highest BCUT2D eigenvalue weighted by atomic mass is 16.3. The van der Waals surface area contributed by atoms with Crippen molar-refractivity contribution in [1.82, 2.24) is 14.4 Å². The third-order valence-electron chi connectivity index (χ3n) is 3.41. The maximum Gasteiger partial charge on any atom is 0.266 e. The molecule has 0 aliphatic heterocycles. The number of benzene rings is 1. The number of nitrogens with zero attached hydrogens (tertiary/aromatic N) is 3. The van der Waals surface area contributed by atoms with Gasteiger partial charge in [-0.2, -0.15) is 4.98 Å². The minimum Gasteiger partial charge on any atom is -0.493 e. The Morgan fingerprint density at radius 1 is 1.14 bits per heavy atom. The predicted octanol–water partition coefficient (Wildman–Crippen LogP) is 2.00. The second-order valence-corrected chi connectivity index (χ2v) is 5.06. The van der Waals surface area contributed by atoms with E-state index >= 15 is 0 Å². The number of aromatic hydroxyl groups is 1. The van der Waals surface area contributed by atoms with Gasteiger partial charge in [0, 0.05) is 17.8 Å². The Bertz CT molecular complexity index is 870. The van der Waals surface area contributed by atoms with Crippen LogP contribution in [0.15, 0.2) is 41.2 Å². The highest BCUT2D eigenvalue weighted by Gasteiger charge is 2.14. The molecule has 5 heteroatoms. The van der Waals surface area contributed by atoms with E-state index in [9.17, 15) is 9.90 Å². The van der Waals surface area contributed by atoms with Crippen LogP contribution < -0.4 is 5.56 Å². The lowest BCUT2D eigenvalue weighted by Gasteiger charge is -2.09. The molecule has 0 amide bonds. The molecule has 1 N–H and O–H groups in total. The number of fused-ring (bicyclic) bond motifs is 1. The second-order valence-electron chi connectivity index (χ2n) is 5.06. The van der Waals surface area contributed by atoms with Gasteiger partial charge in [0.2, 0.25) is 11.7 Å². The van der Waals surface area contributed by atoms with Crippen LogP contribution in [0.4, 0.5) is 0 Å². The number of aromatic nitrogens is 3. The van der Waals surface area contributed by atoms with Gasteiger partial charge in [-0.1, -0.05) is 30.3 Å². The molecular weight excluding hydrogens is 266 g/mol. The van der Waals surface area contributed by atoms with E-state index in [1.54, 1.807) is 0 Å². The first-order valence-corrected chi connectivity index (χ1v) is 6.69. The van der Waals surface area contributed by atoms with Crippen molar-refractivity contribution >= 4 is 5.78 Å². The van der Waals surface area contributed by atoms with Crippen LogP contribution in [0.1, 0.15) is 22.5 Å². The first kappa shape index (κ1) is 13.3. The van der Waals surface area contributed by atoms with Crippen molar-refractivity contribution in [3.05, 3.63) is 69.3 Å². The monoisotopic (exact) mass is 281 g/mol. The summed E-state index contributed by atoms with van der Waals surface area (Å²) in [6.45, 7) is 3.65. The fourth-order valence-corrected chi connectivity index (χ4v) is 2.44. The molecule has 0 fully saturated rings. The third kappa shape index (κ3) is 2.38. The molecule has 0 radical (unpaired) electrons. The van der Waals surface area contributed by atoms with E-state index < -0.39 is 0 Å². The Morgan fingerprint density at radius 3 is 2.57 bits per heavy atom. The third-order valence-corrected chi connectivity index (χ3v) is 3.41. The fourth-order valence-electron chi connectivity index (χ4n) is 2.44. The van der Waals surface area contributed by atoms with Crippen molar-refractivity contribution in [2.75, 3.05) is 0 Å². The van der Waals surface area contributed by atoms with Crippen LogP contribution in [0.5, 0.6) is 5.88 Å². The Balaban J connectivity index is 2.22. The first-order valence-electron chi connectivity index (χ1n) is 6.69. The van der Waals surface area contributed by atoms with Crippen molar-refractivity contribution in [2.45, 2.75) is 20.3 Å². The van der Waals surface area contributed by atoms with Crippen LogP contribution in [-0.2, 0) is 6.42 Å². The molecule has 0 spiro atoms. The topological polar surface area (TPSA) is 67.5 Å². The Kier molecular flexibility index (Phi) is 3.17. The molecular formula is C16H15N3O2. The van der Waals surface area contributed by atoms with Crippen LogP contribution in [0.3, 0.4) is 0 Å². The molecule has 3 aromatic rings. The summed E-state index contributed by atoms with van der Waals surface area (Å²) in [7, 11) is 0. The summed E-state index contributed by atoms with van der Waals surface area (Å²) in [5.74, 6) is -0.0202. The zero-order chi connectivity index (χ0) is 15.0. The molecule has 0 aliphatic rings. The molecule has 0 aliphatic carbocycles. The van der Waals surface area contributed by atoms with Gasteiger partial charge in [-0.25, -0.2) is 9.38 Å². The highest BCUT2D eigenvalue weighted by Crippen LogP contribution is 2.16. The van der Waals surface area contributed by atoms with Gasteiger partial charge < -0.3 is 5.11 Å². The molecule has 0 saturated carbocycles. The van der Waals surface area contributed by atoms with Gasteiger partial charge in [0.1, 0.15) is 0 Å². The Hall–Kier alpha value is -2.69. The predicted molar refractivity (Wildman–Crippen MR) is 79.6 cm³/mol. The zero-order valence-electron chi connectivity index (χ0n) is 11.9. The van der Waals surface area contributed by atoms with Crippen LogP contribution in [0.25, 0.3) is 5.78 Å². The van der Waals surface area contributed by atoms with E-state index in [0.29, 0.717) is 6.42 Å². The van der Waals surface area contributed by atoms with Crippen molar-refractivity contribution < 1.29 is 5.11 Å². The van der Waals surface area contributed by atoms with E-state index in [1.807, 2.05) is 50.2 Å². The van der Waals surface area contributed by atoms with Crippen molar-refractivity contribution in [1.29, 1.82) is 0 Å². The average Bonchev–Trinajstić information content (AvgIpc) is 2.43. The summed E-state index contributed by atoms with van der Waals surface area (Å²) in [5, 5.41) is 10.1. The quantitative estimate of drug-likeness (QED) is 0.780. The molecule has 106 valence electrons. The summed E-state index contributed by atoms with van der Waals surface area (Å²) < 4.78 is 1.44. The SMILES string of the molecule is Cc1cc(C)n2c(=O)c(Cc3ccccc3)c(O)nc2n1. The van der Waals surface area contributed by atoms with Crippen molar-refractivity contribution in [3.8, 4) is 5.88 Å². The van der Waals surface area contributed by atoms with Crippen molar-refractivity contribution in [3.63, 3.8) is 0 Å². The van der Waals surface area contributed by atoms with E-state index in [1.165, 1.54) is 4.40 Å². The Morgan fingerprint density at radius 2 is 1.86 bits per heavy atom. The number of hydrogen-bond acceptors (Lipinski definition) is 4. The normalized spacial score (nSPS) is 11.0. The van der Waals surface area contributed by atoms with E-state index in [4.69, 9.17) is 0 Å². The summed E-state index contributed by atoms with van der Waals surface area (Å²) >= 11 is 0. The fraction of sp³-hybridized carbons (Fsp3) is 0.188. The lowest BCUT2D eigenvalue weighted by Crippen LogP contribution is -2.23. The second kappa shape index (κ2) is 5.01. The molecule has 2 heterocycles. The molecule has 21 heavy (non-hydrogen) atoms. The molecule has 0 saturated heterocycles. The van der Waals surface area contributed by atoms with Crippen LogP contribution in [0, 0.1) is 13.8 Å². The van der Waals surface area contributed by atoms with Gasteiger partial charge in [0.15, 0.2) is 0 Å². The van der Waals surface area contributed by atoms with Gasteiger partial charge in [-0.15, -0.1) is 0 Å². The van der Waals surface area contributed by atoms with E-state index in [-0.39, 0.29) is 22.8 Å². The molecule has 0 unspecified atom stereocenters. The van der Waals surface area contributed by atoms with Crippen molar-refractivity contribution in [2.24, 2.45) is 0 Å². The van der Waals surface area contributed by atoms with Gasteiger partial charge in [-0.3, -0.25) is 4.79 Å². The van der Waals surface area contributed by atoms with Gasteiger partial charge in [0.05, 0.1) is 5.56 Å². The van der Waals surface area contributed by atoms with Gasteiger partial charge >= 0.3 is 0 Å². The Labute approximate surface area is 121 Å². The maximum absolute atomic E-state index is 12.6. The average molecular weight is 281 g/mol. The number of rotatable bonds is 2. The minimum atomic E-state index is -0.272. The minimum absolute atomic E-state index is 0.229. The maximum atomic E-state index is 12.6. The van der Waals surface area contributed by atoms with E-state index in [2.05, 4.69) is 9.97 Å². The van der Waals surface area contributed by atoms with E-state index in [0.717, 1.165) is 17.0 Å².